The van der Waals surface area contributed by atoms with Crippen molar-refractivity contribution in [1.29, 1.82) is 0 Å². The van der Waals surface area contributed by atoms with Crippen LogP contribution < -0.4 is 10.2 Å². The maximum atomic E-state index is 13.5. The molecular weight excluding hydrogens is 396 g/mol. The molecule has 1 aliphatic heterocycles. The molecule has 0 fully saturated rings. The van der Waals surface area contributed by atoms with Gasteiger partial charge < -0.3 is 5.32 Å². The first-order valence-corrected chi connectivity index (χ1v) is 11.0. The molecule has 0 aliphatic carbocycles. The Bertz CT molecular complexity index is 1170. The molecule has 0 radical (unpaired) electrons. The smallest absolute Gasteiger partial charge is 0.282 e. The van der Waals surface area contributed by atoms with E-state index in [1.54, 1.807) is 0 Å². The Kier molecular flexibility index (Phi) is 5.95. The van der Waals surface area contributed by atoms with E-state index in [9.17, 15) is 9.59 Å². The number of amides is 2. The normalized spacial score (nSPS) is 14.0. The molecule has 0 saturated carbocycles. The highest BCUT2D eigenvalue weighted by Gasteiger charge is 2.40. The van der Waals surface area contributed by atoms with Crippen molar-refractivity contribution >= 4 is 28.8 Å². The van der Waals surface area contributed by atoms with Gasteiger partial charge in [0.25, 0.3) is 11.8 Å². The monoisotopic (exact) mass is 424 g/mol. The van der Waals surface area contributed by atoms with Gasteiger partial charge >= 0.3 is 0 Å². The molecule has 0 atom stereocenters. The lowest BCUT2D eigenvalue weighted by Crippen LogP contribution is -2.32. The molecule has 2 amide bonds. The Balaban J connectivity index is 1.76. The van der Waals surface area contributed by atoms with Gasteiger partial charge in [0, 0.05) is 5.69 Å². The third-order valence-electron chi connectivity index (χ3n) is 5.87. The van der Waals surface area contributed by atoms with Crippen molar-refractivity contribution in [1.82, 2.24) is 0 Å². The van der Waals surface area contributed by atoms with Crippen molar-refractivity contribution < 1.29 is 9.59 Å². The maximum Gasteiger partial charge on any atom is 0.282 e. The summed E-state index contributed by atoms with van der Waals surface area (Å²) in [5, 5.41) is 3.23. The SMILES string of the molecule is CCc1ccc(NC2=C(c3ccc(C)cc3)C(=O)N(c3ccc(C(C)C)cc3)C2=O)cc1. The second-order valence-corrected chi connectivity index (χ2v) is 8.48. The highest BCUT2D eigenvalue weighted by molar-refractivity contribution is 6.46. The van der Waals surface area contributed by atoms with Crippen LogP contribution in [0.15, 0.2) is 78.5 Å². The number of nitrogens with zero attached hydrogens (tertiary/aromatic N) is 1. The molecule has 0 spiro atoms. The molecule has 3 aromatic rings. The fourth-order valence-corrected chi connectivity index (χ4v) is 3.84. The lowest BCUT2D eigenvalue weighted by molar-refractivity contribution is -0.120. The van der Waals surface area contributed by atoms with E-state index in [4.69, 9.17) is 0 Å². The molecular formula is C28H28N2O2. The fraction of sp³-hybridized carbons (Fsp3) is 0.214. The van der Waals surface area contributed by atoms with Gasteiger partial charge in [0.1, 0.15) is 5.70 Å². The van der Waals surface area contributed by atoms with Crippen LogP contribution in [0.1, 0.15) is 48.9 Å². The Morgan fingerprint density at radius 2 is 1.44 bits per heavy atom. The minimum absolute atomic E-state index is 0.302. The Morgan fingerprint density at radius 3 is 2.00 bits per heavy atom. The number of imide groups is 1. The van der Waals surface area contributed by atoms with E-state index < -0.39 is 0 Å². The van der Waals surface area contributed by atoms with E-state index in [1.165, 1.54) is 10.5 Å². The van der Waals surface area contributed by atoms with Gasteiger partial charge in [0.2, 0.25) is 0 Å². The highest BCUT2D eigenvalue weighted by atomic mass is 16.2. The van der Waals surface area contributed by atoms with Crippen molar-refractivity contribution in [2.45, 2.75) is 40.0 Å². The number of carbonyl (C=O) groups excluding carboxylic acids is 2. The summed E-state index contributed by atoms with van der Waals surface area (Å²) in [6, 6.07) is 23.3. The van der Waals surface area contributed by atoms with Gasteiger partial charge in [-0.25, -0.2) is 4.90 Å². The quantitative estimate of drug-likeness (QED) is 0.488. The van der Waals surface area contributed by atoms with Crippen LogP contribution in [0, 0.1) is 6.92 Å². The van der Waals surface area contributed by atoms with Crippen LogP contribution in [0.3, 0.4) is 0 Å². The van der Waals surface area contributed by atoms with E-state index >= 15 is 0 Å². The van der Waals surface area contributed by atoms with Gasteiger partial charge in [0.15, 0.2) is 0 Å². The summed E-state index contributed by atoms with van der Waals surface area (Å²) in [5.74, 6) is -0.287. The van der Waals surface area contributed by atoms with E-state index in [0.29, 0.717) is 22.9 Å². The molecule has 0 saturated heterocycles. The van der Waals surface area contributed by atoms with Gasteiger partial charge in [-0.05, 0) is 60.2 Å². The molecule has 0 bridgehead atoms. The predicted octanol–water partition coefficient (Wildman–Crippen LogP) is 6.08. The third kappa shape index (κ3) is 4.09. The van der Waals surface area contributed by atoms with Gasteiger partial charge in [-0.2, -0.15) is 0 Å². The lowest BCUT2D eigenvalue weighted by atomic mass is 10.0. The first-order chi connectivity index (χ1) is 15.4. The Labute approximate surface area is 189 Å². The predicted molar refractivity (Wildman–Crippen MR) is 131 cm³/mol. The zero-order valence-electron chi connectivity index (χ0n) is 19.0. The minimum atomic E-state index is -0.345. The number of nitrogens with one attached hydrogen (secondary N) is 1. The van der Waals surface area contributed by atoms with Crippen LogP contribution in [0.4, 0.5) is 11.4 Å². The van der Waals surface area contributed by atoms with Crippen molar-refractivity contribution in [3.05, 3.63) is 101 Å². The molecule has 162 valence electrons. The van der Waals surface area contributed by atoms with E-state index in [1.807, 2.05) is 79.7 Å². The van der Waals surface area contributed by atoms with Crippen molar-refractivity contribution in [2.24, 2.45) is 0 Å². The number of benzene rings is 3. The summed E-state index contributed by atoms with van der Waals surface area (Å²) in [7, 11) is 0. The first kappa shape index (κ1) is 21.6. The number of hydrogen-bond donors (Lipinski definition) is 1. The first-order valence-electron chi connectivity index (χ1n) is 11.0. The summed E-state index contributed by atoms with van der Waals surface area (Å²) in [6.07, 6.45) is 0.940. The van der Waals surface area contributed by atoms with Gasteiger partial charge in [0.05, 0.1) is 11.3 Å². The molecule has 1 heterocycles. The highest BCUT2D eigenvalue weighted by Crippen LogP contribution is 2.34. The van der Waals surface area contributed by atoms with Crippen LogP contribution in [0.25, 0.3) is 5.57 Å². The van der Waals surface area contributed by atoms with Crippen LogP contribution >= 0.6 is 0 Å². The molecule has 0 unspecified atom stereocenters. The second-order valence-electron chi connectivity index (χ2n) is 8.48. The number of hydrogen-bond acceptors (Lipinski definition) is 3. The zero-order valence-corrected chi connectivity index (χ0v) is 19.0. The minimum Gasteiger partial charge on any atom is -0.350 e. The summed E-state index contributed by atoms with van der Waals surface area (Å²) >= 11 is 0. The standard InChI is InChI=1S/C28H28N2O2/c1-5-20-8-14-23(15-9-20)29-26-25(22-10-6-19(4)7-11-22)27(31)30(28(26)32)24-16-12-21(13-17-24)18(2)3/h6-18,29H,5H2,1-4H3. The van der Waals surface area contributed by atoms with E-state index in [2.05, 4.69) is 26.1 Å². The topological polar surface area (TPSA) is 49.4 Å². The van der Waals surface area contributed by atoms with Crippen LogP contribution in [-0.2, 0) is 16.0 Å². The molecule has 3 aromatic carbocycles. The fourth-order valence-electron chi connectivity index (χ4n) is 3.84. The zero-order chi connectivity index (χ0) is 22.8. The lowest BCUT2D eigenvalue weighted by Gasteiger charge is -2.16. The molecule has 1 aliphatic rings. The summed E-state index contributed by atoms with van der Waals surface area (Å²) < 4.78 is 0. The maximum absolute atomic E-state index is 13.5. The van der Waals surface area contributed by atoms with Gasteiger partial charge in [-0.15, -0.1) is 0 Å². The van der Waals surface area contributed by atoms with Crippen LogP contribution in [-0.4, -0.2) is 11.8 Å². The molecule has 1 N–H and O–H groups in total. The summed E-state index contributed by atoms with van der Waals surface area (Å²) in [5.41, 5.74) is 6.24. The third-order valence-corrected chi connectivity index (χ3v) is 5.87. The number of anilines is 2. The number of rotatable bonds is 6. The molecule has 4 rings (SSSR count). The number of carbonyl (C=O) groups is 2. The van der Waals surface area contributed by atoms with Crippen molar-refractivity contribution in [3.8, 4) is 0 Å². The van der Waals surface area contributed by atoms with Gasteiger partial charge in [-0.3, -0.25) is 9.59 Å². The molecule has 32 heavy (non-hydrogen) atoms. The molecule has 4 heteroatoms. The second kappa shape index (κ2) is 8.83. The molecule has 0 aromatic heterocycles. The van der Waals surface area contributed by atoms with E-state index in [0.717, 1.165) is 28.8 Å². The van der Waals surface area contributed by atoms with Crippen LogP contribution in [0.2, 0.25) is 0 Å². The van der Waals surface area contributed by atoms with Crippen molar-refractivity contribution in [3.63, 3.8) is 0 Å². The Hall–Kier alpha value is -3.66. The average Bonchev–Trinajstić information content (AvgIpc) is 3.04. The summed E-state index contributed by atoms with van der Waals surface area (Å²) in [6.45, 7) is 8.33. The van der Waals surface area contributed by atoms with Crippen LogP contribution in [0.5, 0.6) is 0 Å². The molecule has 4 nitrogen and oxygen atoms in total. The average molecular weight is 425 g/mol. The largest absolute Gasteiger partial charge is 0.350 e. The van der Waals surface area contributed by atoms with E-state index in [-0.39, 0.29) is 11.8 Å². The van der Waals surface area contributed by atoms with Crippen molar-refractivity contribution in [2.75, 3.05) is 10.2 Å². The van der Waals surface area contributed by atoms with Gasteiger partial charge in [-0.1, -0.05) is 74.9 Å². The summed E-state index contributed by atoms with van der Waals surface area (Å²) in [4.78, 5) is 28.3. The Morgan fingerprint density at radius 1 is 0.812 bits per heavy atom. The number of aryl methyl sites for hydroxylation is 2.